The van der Waals surface area contributed by atoms with E-state index >= 15 is 0 Å². The van der Waals surface area contributed by atoms with Crippen LogP contribution in [0.25, 0.3) is 0 Å². The lowest BCUT2D eigenvalue weighted by atomic mass is 10.2. The van der Waals surface area contributed by atoms with E-state index in [1.807, 2.05) is 37.3 Å². The first-order chi connectivity index (χ1) is 12.2. The van der Waals surface area contributed by atoms with Gasteiger partial charge >= 0.3 is 0 Å². The lowest BCUT2D eigenvalue weighted by Gasteiger charge is -2.11. The van der Waals surface area contributed by atoms with Crippen LogP contribution < -0.4 is 15.4 Å². The van der Waals surface area contributed by atoms with Crippen LogP contribution in [-0.4, -0.2) is 23.4 Å². The molecule has 2 N–H and O–H groups in total. The number of benzene rings is 1. The van der Waals surface area contributed by atoms with Crippen LogP contribution in [0.2, 0.25) is 0 Å². The molecule has 0 bridgehead atoms. The lowest BCUT2D eigenvalue weighted by Crippen LogP contribution is -2.27. The fourth-order valence-electron chi connectivity index (χ4n) is 2.67. The smallest absolute Gasteiger partial charge is 0.228 e. The molecule has 1 heterocycles. The zero-order valence-electron chi connectivity index (χ0n) is 14.1. The minimum absolute atomic E-state index is 0.0879. The molecule has 1 fully saturated rings. The summed E-state index contributed by atoms with van der Waals surface area (Å²) in [7, 11) is 0. The van der Waals surface area contributed by atoms with E-state index in [2.05, 4.69) is 15.6 Å². The third-order valence-corrected chi connectivity index (χ3v) is 4.12. The summed E-state index contributed by atoms with van der Waals surface area (Å²) in [5.41, 5.74) is 1.62. The zero-order chi connectivity index (χ0) is 17.6. The highest BCUT2D eigenvalue weighted by Gasteiger charge is 2.48. The van der Waals surface area contributed by atoms with Gasteiger partial charge in [-0.3, -0.25) is 14.6 Å². The molecule has 1 aromatic heterocycles. The molecule has 1 aliphatic rings. The van der Waals surface area contributed by atoms with Crippen LogP contribution in [0.1, 0.15) is 18.9 Å². The second-order valence-corrected chi connectivity index (χ2v) is 5.94. The molecule has 1 aliphatic carbocycles. The van der Waals surface area contributed by atoms with Gasteiger partial charge in [0, 0.05) is 18.9 Å². The Hall–Kier alpha value is -2.89. The number of carbonyl (C=O) groups excluding carboxylic acids is 2. The summed E-state index contributed by atoms with van der Waals surface area (Å²) in [6.45, 7) is 2.86. The molecule has 6 nitrogen and oxygen atoms in total. The largest absolute Gasteiger partial charge is 0.492 e. The molecule has 0 aliphatic heterocycles. The maximum atomic E-state index is 12.4. The Bertz CT molecular complexity index is 749. The Kier molecular flexibility index (Phi) is 5.28. The molecule has 0 saturated heterocycles. The van der Waals surface area contributed by atoms with Gasteiger partial charge in [-0.2, -0.15) is 0 Å². The number of amides is 2. The SMILES string of the molecule is CCOc1ccccc1NC(=O)C1CC1C(=O)NCc1ccncc1. The van der Waals surface area contributed by atoms with Crippen molar-refractivity contribution in [1.82, 2.24) is 10.3 Å². The number of rotatable bonds is 7. The average molecular weight is 339 g/mol. The number of aromatic nitrogens is 1. The number of anilines is 1. The normalized spacial score (nSPS) is 18.3. The lowest BCUT2D eigenvalue weighted by molar-refractivity contribution is -0.125. The quantitative estimate of drug-likeness (QED) is 0.811. The van der Waals surface area contributed by atoms with Crippen molar-refractivity contribution in [2.24, 2.45) is 11.8 Å². The van der Waals surface area contributed by atoms with Crippen molar-refractivity contribution in [3.8, 4) is 5.75 Å². The topological polar surface area (TPSA) is 80.3 Å². The molecule has 0 radical (unpaired) electrons. The fraction of sp³-hybridized carbons (Fsp3) is 0.316. The van der Waals surface area contributed by atoms with Crippen LogP contribution in [0, 0.1) is 11.8 Å². The van der Waals surface area contributed by atoms with Gasteiger partial charge in [0.05, 0.1) is 24.1 Å². The summed E-state index contributed by atoms with van der Waals surface area (Å²) in [6.07, 6.45) is 3.94. The van der Waals surface area contributed by atoms with E-state index in [1.54, 1.807) is 18.5 Å². The number of carbonyl (C=O) groups is 2. The molecule has 2 aromatic rings. The van der Waals surface area contributed by atoms with E-state index in [1.165, 1.54) is 0 Å². The molecule has 2 atom stereocenters. The first kappa shape index (κ1) is 17.0. The molecule has 1 aromatic carbocycles. The van der Waals surface area contributed by atoms with E-state index in [-0.39, 0.29) is 23.7 Å². The van der Waals surface area contributed by atoms with Crippen LogP contribution in [-0.2, 0) is 16.1 Å². The van der Waals surface area contributed by atoms with Gasteiger partial charge in [0.25, 0.3) is 0 Å². The second kappa shape index (κ2) is 7.79. The Labute approximate surface area is 146 Å². The van der Waals surface area contributed by atoms with Gasteiger partial charge < -0.3 is 15.4 Å². The second-order valence-electron chi connectivity index (χ2n) is 5.94. The van der Waals surface area contributed by atoms with Crippen LogP contribution in [0.15, 0.2) is 48.8 Å². The summed E-state index contributed by atoms with van der Waals surface area (Å²) in [5, 5.41) is 5.73. The Morgan fingerprint density at radius 3 is 2.60 bits per heavy atom. The predicted octanol–water partition coefficient (Wildman–Crippen LogP) is 2.37. The highest BCUT2D eigenvalue weighted by atomic mass is 16.5. The van der Waals surface area contributed by atoms with Gasteiger partial charge in [-0.1, -0.05) is 12.1 Å². The van der Waals surface area contributed by atoms with Crippen molar-refractivity contribution in [3.05, 3.63) is 54.4 Å². The van der Waals surface area contributed by atoms with Crippen molar-refractivity contribution in [2.75, 3.05) is 11.9 Å². The number of para-hydroxylation sites is 2. The average Bonchev–Trinajstić information content (AvgIpc) is 3.43. The van der Waals surface area contributed by atoms with Gasteiger partial charge in [0.2, 0.25) is 11.8 Å². The number of hydrogen-bond donors (Lipinski definition) is 2. The van der Waals surface area contributed by atoms with Crippen molar-refractivity contribution in [1.29, 1.82) is 0 Å². The van der Waals surface area contributed by atoms with Crippen LogP contribution in [0.5, 0.6) is 5.75 Å². The molecule has 0 spiro atoms. The standard InChI is InChI=1S/C19H21N3O3/c1-2-25-17-6-4-3-5-16(17)22-19(24)15-11-14(15)18(23)21-12-13-7-9-20-10-8-13/h3-10,14-15H,2,11-12H2,1H3,(H,21,23)(H,22,24). The van der Waals surface area contributed by atoms with E-state index in [9.17, 15) is 9.59 Å². The van der Waals surface area contributed by atoms with Gasteiger partial charge in [0.1, 0.15) is 5.75 Å². The number of nitrogens with zero attached hydrogens (tertiary/aromatic N) is 1. The zero-order valence-corrected chi connectivity index (χ0v) is 14.1. The van der Waals surface area contributed by atoms with Crippen LogP contribution in [0.3, 0.4) is 0 Å². The third kappa shape index (κ3) is 4.35. The third-order valence-electron chi connectivity index (χ3n) is 4.12. The minimum atomic E-state index is -0.285. The molecule has 1 saturated carbocycles. The van der Waals surface area contributed by atoms with Gasteiger partial charge in [-0.05, 0) is 43.2 Å². The van der Waals surface area contributed by atoms with Crippen LogP contribution >= 0.6 is 0 Å². The first-order valence-electron chi connectivity index (χ1n) is 8.38. The van der Waals surface area contributed by atoms with Crippen molar-refractivity contribution >= 4 is 17.5 Å². The Morgan fingerprint density at radius 1 is 1.12 bits per heavy atom. The number of hydrogen-bond acceptors (Lipinski definition) is 4. The monoisotopic (exact) mass is 339 g/mol. The summed E-state index contributed by atoms with van der Waals surface area (Å²) in [4.78, 5) is 28.5. The van der Waals surface area contributed by atoms with Gasteiger partial charge in [0.15, 0.2) is 0 Å². The number of pyridine rings is 1. The van der Waals surface area contributed by atoms with Crippen LogP contribution in [0.4, 0.5) is 5.69 Å². The maximum Gasteiger partial charge on any atom is 0.228 e. The minimum Gasteiger partial charge on any atom is -0.492 e. The number of ether oxygens (including phenoxy) is 1. The Balaban J connectivity index is 1.51. The predicted molar refractivity (Wildman–Crippen MR) is 93.9 cm³/mol. The molecule has 3 rings (SSSR count). The molecular weight excluding hydrogens is 318 g/mol. The van der Waals surface area contributed by atoms with E-state index < -0.39 is 0 Å². The summed E-state index contributed by atoms with van der Waals surface area (Å²) >= 11 is 0. The molecule has 25 heavy (non-hydrogen) atoms. The first-order valence-corrected chi connectivity index (χ1v) is 8.38. The maximum absolute atomic E-state index is 12.4. The highest BCUT2D eigenvalue weighted by molar-refractivity contribution is 6.00. The van der Waals surface area contributed by atoms with E-state index in [4.69, 9.17) is 4.74 Å². The number of nitrogens with one attached hydrogen (secondary N) is 2. The summed E-state index contributed by atoms with van der Waals surface area (Å²) in [6, 6.07) is 11.0. The van der Waals surface area contributed by atoms with Crippen molar-refractivity contribution in [2.45, 2.75) is 19.9 Å². The summed E-state index contributed by atoms with van der Waals surface area (Å²) < 4.78 is 5.50. The fourth-order valence-corrected chi connectivity index (χ4v) is 2.67. The molecule has 6 heteroatoms. The van der Waals surface area contributed by atoms with E-state index in [0.717, 1.165) is 5.56 Å². The van der Waals surface area contributed by atoms with Gasteiger partial charge in [-0.15, -0.1) is 0 Å². The van der Waals surface area contributed by atoms with Crippen molar-refractivity contribution < 1.29 is 14.3 Å². The Morgan fingerprint density at radius 2 is 1.84 bits per heavy atom. The highest BCUT2D eigenvalue weighted by Crippen LogP contribution is 2.40. The summed E-state index contributed by atoms with van der Waals surface area (Å²) in [5.74, 6) is -0.142. The molecule has 2 amide bonds. The molecular formula is C19H21N3O3. The molecule has 130 valence electrons. The molecule has 2 unspecified atom stereocenters. The van der Waals surface area contributed by atoms with Gasteiger partial charge in [-0.25, -0.2) is 0 Å². The van der Waals surface area contributed by atoms with Crippen molar-refractivity contribution in [3.63, 3.8) is 0 Å². The van der Waals surface area contributed by atoms with E-state index in [0.29, 0.717) is 31.0 Å².